The van der Waals surface area contributed by atoms with E-state index in [2.05, 4.69) is 37.9 Å². The molecule has 1 heterocycles. The number of halogens is 1. The van der Waals surface area contributed by atoms with E-state index in [1.165, 1.54) is 30.5 Å². The average molecular weight is 452 g/mol. The van der Waals surface area contributed by atoms with Crippen molar-refractivity contribution in [2.24, 2.45) is 5.41 Å². The number of carbonyl (C=O) groups is 1. The van der Waals surface area contributed by atoms with Crippen LogP contribution in [0.15, 0.2) is 18.2 Å². The van der Waals surface area contributed by atoms with Gasteiger partial charge in [-0.3, -0.25) is 4.79 Å². The van der Waals surface area contributed by atoms with Gasteiger partial charge in [0.25, 0.3) is 0 Å². The summed E-state index contributed by atoms with van der Waals surface area (Å²) in [5, 5.41) is 20.9. The van der Waals surface area contributed by atoms with Crippen molar-refractivity contribution < 1.29 is 14.6 Å². The molecule has 0 spiro atoms. The molecule has 0 aliphatic rings. The summed E-state index contributed by atoms with van der Waals surface area (Å²) in [7, 11) is 0. The minimum absolute atomic E-state index is 0.0299. The lowest BCUT2D eigenvalue weighted by Gasteiger charge is -2.30. The Labute approximate surface area is 191 Å². The van der Waals surface area contributed by atoms with E-state index in [1.54, 1.807) is 18.2 Å². The lowest BCUT2D eigenvalue weighted by Crippen LogP contribution is -2.37. The van der Waals surface area contributed by atoms with Gasteiger partial charge in [0.1, 0.15) is 11.0 Å². The Morgan fingerprint density at radius 1 is 1.03 bits per heavy atom. The number of ether oxygens (including phenoxy) is 1. The summed E-state index contributed by atoms with van der Waals surface area (Å²) in [6.07, 6.45) is 8.39. The Hall–Kier alpha value is -1.66. The van der Waals surface area contributed by atoms with Gasteiger partial charge in [0.2, 0.25) is 0 Å². The molecule has 31 heavy (non-hydrogen) atoms. The second-order valence-corrected chi connectivity index (χ2v) is 10.1. The van der Waals surface area contributed by atoms with Gasteiger partial charge in [0, 0.05) is 11.4 Å². The van der Waals surface area contributed by atoms with Crippen LogP contribution in [0.4, 0.5) is 0 Å². The Morgan fingerprint density at radius 3 is 2.42 bits per heavy atom. The molecule has 1 N–H and O–H groups in total. The first kappa shape index (κ1) is 25.6. The van der Waals surface area contributed by atoms with Gasteiger partial charge in [0.15, 0.2) is 5.72 Å². The molecule has 0 aliphatic carbocycles. The lowest BCUT2D eigenvalue weighted by molar-refractivity contribution is -0.148. The number of carbonyl (C=O) groups excluding carboxylic acids is 1. The van der Waals surface area contributed by atoms with Crippen LogP contribution in [0.2, 0.25) is 5.02 Å². The molecular weight excluding hydrogens is 414 g/mol. The Bertz CT molecular complexity index is 831. The first-order valence-electron chi connectivity index (χ1n) is 11.5. The first-order valence-corrected chi connectivity index (χ1v) is 11.9. The molecule has 2 rings (SSSR count). The van der Waals surface area contributed by atoms with Gasteiger partial charge in [-0.1, -0.05) is 71.4 Å². The van der Waals surface area contributed by atoms with Gasteiger partial charge in [-0.2, -0.15) is 15.0 Å². The molecule has 7 heteroatoms. The van der Waals surface area contributed by atoms with Crippen molar-refractivity contribution >= 4 is 28.6 Å². The number of unbranched alkanes of at least 4 members (excludes halogenated alkanes) is 5. The van der Waals surface area contributed by atoms with Crippen molar-refractivity contribution in [1.29, 1.82) is 0 Å². The van der Waals surface area contributed by atoms with Crippen LogP contribution in [0, 0.1) is 5.41 Å². The van der Waals surface area contributed by atoms with Gasteiger partial charge < -0.3 is 9.84 Å². The zero-order valence-corrected chi connectivity index (χ0v) is 20.2. The van der Waals surface area contributed by atoms with Crippen molar-refractivity contribution in [2.75, 3.05) is 6.61 Å². The van der Waals surface area contributed by atoms with Crippen molar-refractivity contribution in [3.63, 3.8) is 0 Å². The number of esters is 1. The van der Waals surface area contributed by atoms with E-state index in [-0.39, 0.29) is 24.2 Å². The Kier molecular flexibility index (Phi) is 9.76. The number of nitrogens with zero attached hydrogens (tertiary/aromatic N) is 3. The molecule has 0 radical (unpaired) electrons. The Morgan fingerprint density at radius 2 is 1.71 bits per heavy atom. The summed E-state index contributed by atoms with van der Waals surface area (Å²) in [6.45, 7) is 8.99. The molecule has 0 fully saturated rings. The van der Waals surface area contributed by atoms with Crippen LogP contribution in [0.3, 0.4) is 0 Å². The minimum Gasteiger partial charge on any atom is -0.466 e. The molecule has 0 bridgehead atoms. The van der Waals surface area contributed by atoms with E-state index in [1.807, 2.05) is 0 Å². The fraction of sp³-hybridized carbons (Fsp3) is 0.708. The smallest absolute Gasteiger partial charge is 0.305 e. The molecule has 174 valence electrons. The van der Waals surface area contributed by atoms with Gasteiger partial charge in [0.05, 0.1) is 13.0 Å². The number of aromatic nitrogens is 3. The van der Waals surface area contributed by atoms with E-state index in [0.717, 1.165) is 19.3 Å². The number of fused-ring (bicyclic) bond motifs is 1. The fourth-order valence-electron chi connectivity index (χ4n) is 3.42. The van der Waals surface area contributed by atoms with Crippen LogP contribution >= 0.6 is 11.6 Å². The number of hydrogen-bond acceptors (Lipinski definition) is 5. The van der Waals surface area contributed by atoms with E-state index >= 15 is 0 Å². The summed E-state index contributed by atoms with van der Waals surface area (Å²) < 4.78 is 5.38. The number of rotatable bonds is 13. The molecule has 6 nitrogen and oxygen atoms in total. The molecule has 0 saturated heterocycles. The highest BCUT2D eigenvalue weighted by molar-refractivity contribution is 6.31. The zero-order valence-electron chi connectivity index (χ0n) is 19.5. The zero-order chi connectivity index (χ0) is 22.9. The third-order valence-corrected chi connectivity index (χ3v) is 5.72. The summed E-state index contributed by atoms with van der Waals surface area (Å²) in [5.41, 5.74) is -0.0586. The minimum atomic E-state index is -1.36. The molecule has 2 aromatic rings. The maximum atomic E-state index is 12.3. The molecule has 0 aliphatic heterocycles. The van der Waals surface area contributed by atoms with Gasteiger partial charge in [-0.25, -0.2) is 0 Å². The molecule has 1 atom stereocenters. The fourth-order valence-corrected chi connectivity index (χ4v) is 3.58. The maximum Gasteiger partial charge on any atom is 0.305 e. The number of aliphatic hydroxyl groups is 1. The topological polar surface area (TPSA) is 77.2 Å². The normalized spacial score (nSPS) is 14.0. The van der Waals surface area contributed by atoms with Crippen LogP contribution in [-0.2, 0) is 15.3 Å². The van der Waals surface area contributed by atoms with Gasteiger partial charge >= 0.3 is 5.97 Å². The number of benzene rings is 1. The predicted molar refractivity (Wildman–Crippen MR) is 125 cm³/mol. The standard InChI is InChI=1S/C24H38ClN3O3/c1-5-6-7-8-9-10-17-31-22(29)13-14-24(30,16-15-23(2,3)4)28-26-20-12-11-19(25)18-21(20)27-28/h11-12,18,30H,5-10,13-17H2,1-4H3. The van der Waals surface area contributed by atoms with Crippen molar-refractivity contribution in [3.05, 3.63) is 23.2 Å². The van der Waals surface area contributed by atoms with E-state index in [0.29, 0.717) is 29.1 Å². The van der Waals surface area contributed by atoms with Crippen LogP contribution < -0.4 is 0 Å². The predicted octanol–water partition coefficient (Wildman–Crippen LogP) is 6.24. The van der Waals surface area contributed by atoms with Gasteiger partial charge in [-0.15, -0.1) is 0 Å². The second-order valence-electron chi connectivity index (χ2n) is 9.65. The first-order chi connectivity index (χ1) is 14.6. The highest BCUT2D eigenvalue weighted by Crippen LogP contribution is 2.32. The van der Waals surface area contributed by atoms with Gasteiger partial charge in [-0.05, 0) is 42.9 Å². The van der Waals surface area contributed by atoms with Crippen LogP contribution in [-0.4, -0.2) is 32.7 Å². The molecule has 1 aromatic heterocycles. The SMILES string of the molecule is CCCCCCCCOC(=O)CCC(O)(CCC(C)(C)C)n1nc2ccc(Cl)cc2n1. The monoisotopic (exact) mass is 451 g/mol. The molecule has 1 aromatic carbocycles. The maximum absolute atomic E-state index is 12.3. The molecular formula is C24H38ClN3O3. The number of hydrogen-bond donors (Lipinski definition) is 1. The van der Waals surface area contributed by atoms with Crippen molar-refractivity contribution in [3.8, 4) is 0 Å². The average Bonchev–Trinajstić information content (AvgIpc) is 3.13. The summed E-state index contributed by atoms with van der Waals surface area (Å²) in [5.74, 6) is -0.289. The third kappa shape index (κ3) is 8.77. The largest absolute Gasteiger partial charge is 0.466 e. The molecule has 0 amide bonds. The molecule has 1 unspecified atom stereocenters. The lowest BCUT2D eigenvalue weighted by atomic mass is 9.86. The second kappa shape index (κ2) is 11.8. The van der Waals surface area contributed by atoms with Crippen LogP contribution in [0.25, 0.3) is 11.0 Å². The van der Waals surface area contributed by atoms with E-state index in [4.69, 9.17) is 16.3 Å². The summed E-state index contributed by atoms with van der Waals surface area (Å²) in [4.78, 5) is 13.6. The van der Waals surface area contributed by atoms with Crippen molar-refractivity contribution in [2.45, 2.75) is 97.6 Å². The Balaban J connectivity index is 1.96. The highest BCUT2D eigenvalue weighted by Gasteiger charge is 2.34. The quantitative estimate of drug-likeness (QED) is 0.288. The van der Waals surface area contributed by atoms with E-state index in [9.17, 15) is 9.90 Å². The van der Waals surface area contributed by atoms with Crippen LogP contribution in [0.1, 0.15) is 91.9 Å². The van der Waals surface area contributed by atoms with E-state index < -0.39 is 5.72 Å². The highest BCUT2D eigenvalue weighted by atomic mass is 35.5. The molecule has 0 saturated carbocycles. The summed E-state index contributed by atoms with van der Waals surface area (Å²) >= 11 is 6.06. The third-order valence-electron chi connectivity index (χ3n) is 5.48. The van der Waals surface area contributed by atoms with Crippen molar-refractivity contribution in [1.82, 2.24) is 15.0 Å². The summed E-state index contributed by atoms with van der Waals surface area (Å²) in [6, 6.07) is 5.25. The van der Waals surface area contributed by atoms with Crippen LogP contribution in [0.5, 0.6) is 0 Å².